The first-order chi connectivity index (χ1) is 9.92. The van der Waals surface area contributed by atoms with E-state index in [1.165, 1.54) is 37.8 Å². The predicted molar refractivity (Wildman–Crippen MR) is 91.5 cm³/mol. The van der Waals surface area contributed by atoms with Crippen LogP contribution in [0.2, 0.25) is 0 Å². The molecule has 1 fully saturated rings. The summed E-state index contributed by atoms with van der Waals surface area (Å²) in [5, 5.41) is 4.60. The smallest absolute Gasteiger partial charge is 0.0766 e. The molecule has 0 spiro atoms. The molecule has 0 bridgehead atoms. The molecule has 1 atom stereocenters. The first-order valence-electron chi connectivity index (χ1n) is 8.05. The molecule has 2 rings (SSSR count). The second kappa shape index (κ2) is 6.80. The molecule has 2 N–H and O–H groups in total. The summed E-state index contributed by atoms with van der Waals surface area (Å²) >= 11 is 3.72. The molecule has 1 aromatic rings. The van der Waals surface area contributed by atoms with Crippen LogP contribution in [0.3, 0.4) is 0 Å². The highest BCUT2D eigenvalue weighted by atomic mass is 79.9. The maximum Gasteiger partial charge on any atom is 0.0766 e. The number of aryl methyl sites for hydroxylation is 2. The SMILES string of the molecule is CCc1nn(C)c(CC(N)C2(N(C)C)CCCCC2)c1Br. The van der Waals surface area contributed by atoms with Crippen LogP contribution in [0.15, 0.2) is 4.47 Å². The zero-order valence-corrected chi connectivity index (χ0v) is 15.4. The fraction of sp³-hybridized carbons (Fsp3) is 0.812. The molecule has 1 aliphatic rings. The van der Waals surface area contributed by atoms with Gasteiger partial charge in [0.25, 0.3) is 0 Å². The Bertz CT molecular complexity index is 475. The van der Waals surface area contributed by atoms with Crippen LogP contribution < -0.4 is 5.73 Å². The van der Waals surface area contributed by atoms with Crippen LogP contribution in [0.1, 0.15) is 50.4 Å². The van der Waals surface area contributed by atoms with Crippen LogP contribution >= 0.6 is 15.9 Å². The fourth-order valence-electron chi connectivity index (χ4n) is 3.75. The van der Waals surface area contributed by atoms with E-state index in [1.807, 2.05) is 11.7 Å². The molecule has 0 radical (unpaired) electrons. The molecule has 1 saturated carbocycles. The van der Waals surface area contributed by atoms with Crippen LogP contribution in [0.5, 0.6) is 0 Å². The van der Waals surface area contributed by atoms with Crippen molar-refractivity contribution in [3.63, 3.8) is 0 Å². The zero-order valence-electron chi connectivity index (χ0n) is 13.8. The van der Waals surface area contributed by atoms with Gasteiger partial charge in [0.15, 0.2) is 0 Å². The number of likely N-dealkylation sites (N-methyl/N-ethyl adjacent to an activating group) is 1. The standard InChI is InChI=1S/C16H29BrN4/c1-5-12-15(17)13(21(4)19-12)11-14(18)16(20(2)3)9-7-6-8-10-16/h14H,5-11,18H2,1-4H3. The summed E-state index contributed by atoms with van der Waals surface area (Å²) in [5.41, 5.74) is 9.19. The minimum absolute atomic E-state index is 0.133. The fourth-order valence-corrected chi connectivity index (χ4v) is 4.53. The molecule has 1 unspecified atom stereocenters. The van der Waals surface area contributed by atoms with E-state index < -0.39 is 0 Å². The summed E-state index contributed by atoms with van der Waals surface area (Å²) in [6, 6.07) is 0.143. The van der Waals surface area contributed by atoms with E-state index >= 15 is 0 Å². The summed E-state index contributed by atoms with van der Waals surface area (Å²) in [7, 11) is 6.39. The van der Waals surface area contributed by atoms with Crippen LogP contribution in [-0.4, -0.2) is 40.4 Å². The van der Waals surface area contributed by atoms with Crippen molar-refractivity contribution in [3.05, 3.63) is 15.9 Å². The number of rotatable bonds is 5. The first kappa shape index (κ1) is 17.0. The number of halogens is 1. The molecule has 1 heterocycles. The van der Waals surface area contributed by atoms with Crippen molar-refractivity contribution in [2.45, 2.75) is 63.5 Å². The number of aromatic nitrogens is 2. The van der Waals surface area contributed by atoms with Crippen molar-refractivity contribution in [3.8, 4) is 0 Å². The van der Waals surface area contributed by atoms with Crippen LogP contribution in [0.4, 0.5) is 0 Å². The minimum Gasteiger partial charge on any atom is -0.326 e. The third-order valence-electron chi connectivity index (χ3n) is 5.22. The highest BCUT2D eigenvalue weighted by Gasteiger charge is 2.40. The monoisotopic (exact) mass is 356 g/mol. The number of hydrogen-bond donors (Lipinski definition) is 1. The summed E-state index contributed by atoms with van der Waals surface area (Å²) in [4.78, 5) is 2.36. The number of nitrogens with zero attached hydrogens (tertiary/aromatic N) is 3. The molecule has 120 valence electrons. The van der Waals surface area contributed by atoms with Gasteiger partial charge in [-0.3, -0.25) is 4.68 Å². The third kappa shape index (κ3) is 3.20. The van der Waals surface area contributed by atoms with Crippen molar-refractivity contribution < 1.29 is 0 Å². The molecule has 4 nitrogen and oxygen atoms in total. The average Bonchev–Trinajstić information content (AvgIpc) is 2.75. The van der Waals surface area contributed by atoms with Crippen molar-refractivity contribution in [2.75, 3.05) is 14.1 Å². The van der Waals surface area contributed by atoms with Gasteiger partial charge in [0.1, 0.15) is 0 Å². The second-order valence-electron chi connectivity index (χ2n) is 6.55. The Morgan fingerprint density at radius 1 is 1.33 bits per heavy atom. The maximum atomic E-state index is 6.70. The predicted octanol–water partition coefficient (Wildman–Crippen LogP) is 2.88. The van der Waals surface area contributed by atoms with Gasteiger partial charge < -0.3 is 10.6 Å². The third-order valence-corrected chi connectivity index (χ3v) is 6.13. The minimum atomic E-state index is 0.133. The topological polar surface area (TPSA) is 47.1 Å². The van der Waals surface area contributed by atoms with Crippen molar-refractivity contribution in [1.29, 1.82) is 0 Å². The van der Waals surface area contributed by atoms with E-state index in [0.29, 0.717) is 0 Å². The van der Waals surface area contributed by atoms with Crippen molar-refractivity contribution in [1.82, 2.24) is 14.7 Å². The van der Waals surface area contributed by atoms with Gasteiger partial charge in [-0.15, -0.1) is 0 Å². The Labute approximate surface area is 137 Å². The molecule has 0 saturated heterocycles. The van der Waals surface area contributed by atoms with Gasteiger partial charge in [-0.25, -0.2) is 0 Å². The molecular weight excluding hydrogens is 328 g/mol. The zero-order chi connectivity index (χ0) is 15.6. The van der Waals surface area contributed by atoms with Crippen LogP contribution in [0, 0.1) is 0 Å². The van der Waals surface area contributed by atoms with Crippen LogP contribution in [-0.2, 0) is 19.9 Å². The maximum absolute atomic E-state index is 6.70. The lowest BCUT2D eigenvalue weighted by Gasteiger charge is -2.47. The molecule has 1 aliphatic carbocycles. The lowest BCUT2D eigenvalue weighted by atomic mass is 9.74. The van der Waals surface area contributed by atoms with E-state index in [1.54, 1.807) is 0 Å². The molecule has 0 aromatic carbocycles. The Kier molecular flexibility index (Phi) is 5.49. The summed E-state index contributed by atoms with van der Waals surface area (Å²) in [6.45, 7) is 2.14. The Balaban J connectivity index is 2.23. The molecule has 21 heavy (non-hydrogen) atoms. The number of nitrogens with two attached hydrogens (primary N) is 1. The number of hydrogen-bond acceptors (Lipinski definition) is 3. The Morgan fingerprint density at radius 3 is 2.43 bits per heavy atom. The lowest BCUT2D eigenvalue weighted by Crippen LogP contribution is -2.59. The lowest BCUT2D eigenvalue weighted by molar-refractivity contribution is 0.0709. The highest BCUT2D eigenvalue weighted by molar-refractivity contribution is 9.10. The summed E-state index contributed by atoms with van der Waals surface area (Å²) < 4.78 is 3.14. The van der Waals surface area contributed by atoms with Crippen molar-refractivity contribution >= 4 is 15.9 Å². The van der Waals surface area contributed by atoms with E-state index in [9.17, 15) is 0 Å². The summed E-state index contributed by atoms with van der Waals surface area (Å²) in [5.74, 6) is 0. The van der Waals surface area contributed by atoms with E-state index in [4.69, 9.17) is 5.73 Å². The van der Waals surface area contributed by atoms with Gasteiger partial charge in [0, 0.05) is 25.0 Å². The van der Waals surface area contributed by atoms with Crippen molar-refractivity contribution in [2.24, 2.45) is 12.8 Å². The first-order valence-corrected chi connectivity index (χ1v) is 8.85. The highest BCUT2D eigenvalue weighted by Crippen LogP contribution is 2.36. The Morgan fingerprint density at radius 2 is 1.95 bits per heavy atom. The molecular formula is C16H29BrN4. The van der Waals surface area contributed by atoms with Gasteiger partial charge in [-0.05, 0) is 49.3 Å². The normalized spacial score (nSPS) is 20.0. The van der Waals surface area contributed by atoms with E-state index in [2.05, 4.69) is 46.9 Å². The van der Waals surface area contributed by atoms with Gasteiger partial charge in [0.2, 0.25) is 0 Å². The van der Waals surface area contributed by atoms with Crippen LogP contribution in [0.25, 0.3) is 0 Å². The Hall–Kier alpha value is -0.390. The van der Waals surface area contributed by atoms with E-state index in [-0.39, 0.29) is 11.6 Å². The van der Waals surface area contributed by atoms with Gasteiger partial charge in [-0.2, -0.15) is 5.10 Å². The van der Waals surface area contributed by atoms with Gasteiger partial charge in [-0.1, -0.05) is 26.2 Å². The van der Waals surface area contributed by atoms with Gasteiger partial charge in [0.05, 0.1) is 15.9 Å². The van der Waals surface area contributed by atoms with E-state index in [0.717, 1.165) is 23.0 Å². The van der Waals surface area contributed by atoms with Gasteiger partial charge >= 0.3 is 0 Å². The largest absolute Gasteiger partial charge is 0.326 e. The molecule has 0 amide bonds. The molecule has 5 heteroatoms. The molecule has 1 aromatic heterocycles. The summed E-state index contributed by atoms with van der Waals surface area (Å²) in [6.07, 6.45) is 8.16. The quantitative estimate of drug-likeness (QED) is 0.882. The molecule has 0 aliphatic heterocycles. The second-order valence-corrected chi connectivity index (χ2v) is 7.35. The average molecular weight is 357 g/mol.